The highest BCUT2D eigenvalue weighted by atomic mass is 35.5. The number of carbonyl (C=O) groups is 3. The van der Waals surface area contributed by atoms with E-state index in [1.165, 1.54) is 0 Å². The molecule has 2 saturated heterocycles. The Balaban J connectivity index is 0.00000341. The van der Waals surface area contributed by atoms with Crippen LogP contribution in [0.3, 0.4) is 0 Å². The molecule has 2 amide bonds. The lowest BCUT2D eigenvalue weighted by molar-refractivity contribution is -0.139. The molecule has 2 atom stereocenters. The number of nitrogens with zero attached hydrogens (tertiary/aromatic N) is 2. The Labute approximate surface area is 188 Å². The van der Waals surface area contributed by atoms with Gasteiger partial charge < -0.3 is 25.2 Å². The van der Waals surface area contributed by atoms with Crippen LogP contribution in [0.25, 0.3) is 0 Å². The molecule has 1 aromatic heterocycles. The minimum Gasteiger partial charge on any atom is -0.481 e. The van der Waals surface area contributed by atoms with Crippen LogP contribution < -0.4 is 10.6 Å². The Hall–Kier alpha value is -2.13. The minimum absolute atomic E-state index is 0. The van der Waals surface area contributed by atoms with Crippen LogP contribution in [0, 0.1) is 18.8 Å². The van der Waals surface area contributed by atoms with Crippen molar-refractivity contribution in [3.8, 4) is 0 Å². The SMILES string of the molecule is Cc1cc([C@H](CNC(=O)[C@@H]2CCCN(C(=O)CCC3CCNCC3)C2)C(=O)O)on1.Cl. The Kier molecular flexibility index (Phi) is 9.77. The van der Waals surface area contributed by atoms with E-state index in [1.807, 2.05) is 0 Å². The third-order valence-electron chi connectivity index (χ3n) is 6.14. The van der Waals surface area contributed by atoms with Crippen LogP contribution in [0.2, 0.25) is 0 Å². The topological polar surface area (TPSA) is 125 Å². The van der Waals surface area contributed by atoms with Gasteiger partial charge in [0.2, 0.25) is 11.8 Å². The molecule has 1 aromatic rings. The van der Waals surface area contributed by atoms with Crippen molar-refractivity contribution < 1.29 is 24.0 Å². The van der Waals surface area contributed by atoms with Crippen LogP contribution in [0.15, 0.2) is 10.6 Å². The standard InChI is InChI=1S/C21H32N4O5.ClH/c1-14-11-18(30-24-14)17(21(28)29)12-23-20(27)16-3-2-10-25(13-16)19(26)5-4-15-6-8-22-9-7-15;/h11,15-17,22H,2-10,12-13H2,1H3,(H,23,27)(H,28,29);1H/t16-,17+;/m1./s1. The van der Waals surface area contributed by atoms with Gasteiger partial charge in [0.05, 0.1) is 11.6 Å². The summed E-state index contributed by atoms with van der Waals surface area (Å²) in [5, 5.41) is 19.2. The first-order valence-electron chi connectivity index (χ1n) is 10.9. The number of carboxylic acid groups (broad SMARTS) is 1. The van der Waals surface area contributed by atoms with Crippen molar-refractivity contribution in [3.63, 3.8) is 0 Å². The van der Waals surface area contributed by atoms with Crippen molar-refractivity contribution in [1.29, 1.82) is 0 Å². The maximum absolute atomic E-state index is 12.6. The lowest BCUT2D eigenvalue weighted by Gasteiger charge is -2.33. The van der Waals surface area contributed by atoms with Crippen LogP contribution >= 0.6 is 12.4 Å². The van der Waals surface area contributed by atoms with E-state index in [-0.39, 0.29) is 42.4 Å². The van der Waals surface area contributed by atoms with E-state index in [0.29, 0.717) is 37.5 Å². The van der Waals surface area contributed by atoms with Crippen molar-refractivity contribution in [3.05, 3.63) is 17.5 Å². The zero-order valence-corrected chi connectivity index (χ0v) is 18.8. The number of halogens is 1. The summed E-state index contributed by atoms with van der Waals surface area (Å²) in [5.74, 6) is -1.65. The summed E-state index contributed by atoms with van der Waals surface area (Å²) in [6, 6.07) is 1.56. The Morgan fingerprint density at radius 1 is 1.32 bits per heavy atom. The van der Waals surface area contributed by atoms with Gasteiger partial charge in [0, 0.05) is 32.1 Å². The normalized spacial score (nSPS) is 20.5. The van der Waals surface area contributed by atoms with Crippen molar-refractivity contribution in [2.24, 2.45) is 11.8 Å². The molecule has 0 spiro atoms. The van der Waals surface area contributed by atoms with Gasteiger partial charge in [-0.15, -0.1) is 12.4 Å². The van der Waals surface area contributed by atoms with Gasteiger partial charge in [-0.2, -0.15) is 0 Å². The summed E-state index contributed by atoms with van der Waals surface area (Å²) in [4.78, 5) is 38.6. The van der Waals surface area contributed by atoms with Crippen molar-refractivity contribution in [1.82, 2.24) is 20.7 Å². The second-order valence-electron chi connectivity index (χ2n) is 8.42. The molecule has 31 heavy (non-hydrogen) atoms. The van der Waals surface area contributed by atoms with E-state index >= 15 is 0 Å². The van der Waals surface area contributed by atoms with Gasteiger partial charge in [0.15, 0.2) is 5.76 Å². The summed E-state index contributed by atoms with van der Waals surface area (Å²) >= 11 is 0. The van der Waals surface area contributed by atoms with E-state index in [9.17, 15) is 19.5 Å². The zero-order valence-electron chi connectivity index (χ0n) is 18.0. The summed E-state index contributed by atoms with van der Waals surface area (Å²) in [5.41, 5.74) is 0.591. The molecule has 0 aliphatic carbocycles. The summed E-state index contributed by atoms with van der Waals surface area (Å²) in [7, 11) is 0. The van der Waals surface area contributed by atoms with E-state index in [1.54, 1.807) is 17.9 Å². The number of amides is 2. The molecule has 2 aliphatic rings. The van der Waals surface area contributed by atoms with E-state index < -0.39 is 11.9 Å². The number of nitrogens with one attached hydrogen (secondary N) is 2. The predicted molar refractivity (Wildman–Crippen MR) is 116 cm³/mol. The number of hydrogen-bond acceptors (Lipinski definition) is 6. The molecule has 10 heteroatoms. The molecule has 3 heterocycles. The number of carbonyl (C=O) groups excluding carboxylic acids is 2. The molecule has 3 N–H and O–H groups in total. The number of rotatable bonds is 8. The van der Waals surface area contributed by atoms with E-state index in [4.69, 9.17) is 4.52 Å². The lowest BCUT2D eigenvalue weighted by Crippen LogP contribution is -2.46. The molecule has 0 radical (unpaired) electrons. The molecule has 0 aromatic carbocycles. The molecule has 3 rings (SSSR count). The Morgan fingerprint density at radius 2 is 2.06 bits per heavy atom. The highest BCUT2D eigenvalue weighted by molar-refractivity contribution is 5.85. The second-order valence-corrected chi connectivity index (χ2v) is 8.42. The van der Waals surface area contributed by atoms with Gasteiger partial charge in [-0.3, -0.25) is 14.4 Å². The summed E-state index contributed by atoms with van der Waals surface area (Å²) < 4.78 is 5.05. The highest BCUT2D eigenvalue weighted by Crippen LogP contribution is 2.22. The number of carboxylic acids is 1. The molecule has 2 fully saturated rings. The zero-order chi connectivity index (χ0) is 21.5. The third-order valence-corrected chi connectivity index (χ3v) is 6.14. The number of hydrogen-bond donors (Lipinski definition) is 3. The maximum atomic E-state index is 12.6. The van der Waals surface area contributed by atoms with Gasteiger partial charge in [-0.05, 0) is 58.0 Å². The van der Waals surface area contributed by atoms with Crippen LogP contribution in [0.4, 0.5) is 0 Å². The summed E-state index contributed by atoms with van der Waals surface area (Å²) in [6.45, 7) is 4.78. The van der Waals surface area contributed by atoms with E-state index in [2.05, 4.69) is 15.8 Å². The molecular weight excluding hydrogens is 424 g/mol. The number of aliphatic carboxylic acids is 1. The first-order chi connectivity index (χ1) is 14.4. The van der Waals surface area contributed by atoms with Crippen molar-refractivity contribution >= 4 is 30.2 Å². The third kappa shape index (κ3) is 7.21. The fourth-order valence-corrected chi connectivity index (χ4v) is 4.28. The van der Waals surface area contributed by atoms with Crippen LogP contribution in [0.5, 0.6) is 0 Å². The van der Waals surface area contributed by atoms with Crippen LogP contribution in [0.1, 0.15) is 55.9 Å². The Bertz CT molecular complexity index is 750. The number of likely N-dealkylation sites (tertiary alicyclic amines) is 1. The average molecular weight is 457 g/mol. The Morgan fingerprint density at radius 3 is 2.71 bits per heavy atom. The number of aromatic nitrogens is 1. The van der Waals surface area contributed by atoms with Gasteiger partial charge in [-0.1, -0.05) is 5.16 Å². The smallest absolute Gasteiger partial charge is 0.316 e. The maximum Gasteiger partial charge on any atom is 0.316 e. The molecule has 174 valence electrons. The van der Waals surface area contributed by atoms with E-state index in [0.717, 1.165) is 38.8 Å². The molecule has 0 saturated carbocycles. The van der Waals surface area contributed by atoms with Gasteiger partial charge in [-0.25, -0.2) is 0 Å². The van der Waals surface area contributed by atoms with Crippen molar-refractivity contribution in [2.75, 3.05) is 32.7 Å². The molecule has 0 bridgehead atoms. The fourth-order valence-electron chi connectivity index (χ4n) is 4.28. The quantitative estimate of drug-likeness (QED) is 0.543. The van der Waals surface area contributed by atoms with Gasteiger partial charge >= 0.3 is 5.97 Å². The van der Waals surface area contributed by atoms with Crippen LogP contribution in [-0.2, 0) is 14.4 Å². The molecule has 9 nitrogen and oxygen atoms in total. The van der Waals surface area contributed by atoms with Gasteiger partial charge in [0.1, 0.15) is 5.92 Å². The summed E-state index contributed by atoms with van der Waals surface area (Å²) in [6.07, 6.45) is 5.15. The fraction of sp³-hybridized carbons (Fsp3) is 0.714. The minimum atomic E-state index is -1.08. The highest BCUT2D eigenvalue weighted by Gasteiger charge is 2.31. The first-order valence-corrected chi connectivity index (χ1v) is 10.9. The molecule has 2 aliphatic heterocycles. The largest absolute Gasteiger partial charge is 0.481 e. The molecule has 0 unspecified atom stereocenters. The molecular formula is C21H33ClN4O5. The lowest BCUT2D eigenvalue weighted by atomic mass is 9.92. The predicted octanol–water partition coefficient (Wildman–Crippen LogP) is 1.71. The second kappa shape index (κ2) is 12.0. The van der Waals surface area contributed by atoms with Crippen LogP contribution in [-0.4, -0.2) is 65.7 Å². The van der Waals surface area contributed by atoms with Gasteiger partial charge in [0.25, 0.3) is 0 Å². The average Bonchev–Trinajstić information content (AvgIpc) is 3.18. The monoisotopic (exact) mass is 456 g/mol. The number of aryl methyl sites for hydroxylation is 1. The first kappa shape index (κ1) is 25.1. The van der Waals surface area contributed by atoms with Crippen molar-refractivity contribution in [2.45, 2.75) is 51.4 Å². The number of piperidine rings is 2.